The summed E-state index contributed by atoms with van der Waals surface area (Å²) in [6.45, 7) is -0.0449. The number of ether oxygens (including phenoxy) is 3. The van der Waals surface area contributed by atoms with Gasteiger partial charge in [-0.15, -0.1) is 0 Å². The summed E-state index contributed by atoms with van der Waals surface area (Å²) in [7, 11) is 0.921. The van der Waals surface area contributed by atoms with Crippen LogP contribution in [0.25, 0.3) is 0 Å². The molecule has 4 aromatic carbocycles. The zero-order valence-electron chi connectivity index (χ0n) is 27.8. The summed E-state index contributed by atoms with van der Waals surface area (Å²) < 4.78 is 43.1. The van der Waals surface area contributed by atoms with E-state index in [2.05, 4.69) is 5.32 Å². The second kappa shape index (κ2) is 17.3. The lowest BCUT2D eigenvalue weighted by molar-refractivity contribution is -0.141. The zero-order chi connectivity index (χ0) is 34.5. The van der Waals surface area contributed by atoms with Crippen LogP contribution in [0.3, 0.4) is 0 Å². The Morgan fingerprint density at radius 1 is 0.708 bits per heavy atom. The third-order valence-corrected chi connectivity index (χ3v) is 9.12. The maximum absolute atomic E-state index is 14.3. The molecule has 1 atom stereocenters. The summed E-state index contributed by atoms with van der Waals surface area (Å²) in [4.78, 5) is 29.8. The number of hydrogen-bond donors (Lipinski definition) is 1. The Morgan fingerprint density at radius 2 is 1.29 bits per heavy atom. The lowest BCUT2D eigenvalue weighted by Crippen LogP contribution is -2.53. The zero-order valence-corrected chi connectivity index (χ0v) is 28.6. The Hall–Kier alpha value is -4.87. The number of methoxy groups -OCH3 is 3. The second-order valence-electron chi connectivity index (χ2n) is 11.3. The van der Waals surface area contributed by atoms with Crippen LogP contribution in [0.5, 0.6) is 17.2 Å². The normalized spacial score (nSPS) is 11.9. The minimum absolute atomic E-state index is 0.0165. The van der Waals surface area contributed by atoms with Gasteiger partial charge in [0.25, 0.3) is 0 Å². The van der Waals surface area contributed by atoms with Gasteiger partial charge in [-0.1, -0.05) is 78.9 Å². The number of amides is 2. The molecule has 48 heavy (non-hydrogen) atoms. The first-order valence-electron chi connectivity index (χ1n) is 15.5. The molecule has 0 aliphatic carbocycles. The number of sulfonamides is 1. The first-order chi connectivity index (χ1) is 23.1. The van der Waals surface area contributed by atoms with E-state index in [0.29, 0.717) is 30.2 Å². The van der Waals surface area contributed by atoms with E-state index in [1.807, 2.05) is 91.0 Å². The molecule has 0 heterocycles. The van der Waals surface area contributed by atoms with Crippen molar-refractivity contribution in [2.75, 3.05) is 40.7 Å². The minimum Gasteiger partial charge on any atom is -0.497 e. The van der Waals surface area contributed by atoms with Crippen molar-refractivity contribution in [1.29, 1.82) is 0 Å². The molecule has 0 spiro atoms. The number of nitrogens with one attached hydrogen (secondary N) is 1. The van der Waals surface area contributed by atoms with Crippen molar-refractivity contribution in [1.82, 2.24) is 14.5 Å². The fourth-order valence-corrected chi connectivity index (χ4v) is 6.01. The first kappa shape index (κ1) is 36.0. The van der Waals surface area contributed by atoms with Gasteiger partial charge >= 0.3 is 0 Å². The number of benzene rings is 4. The topological polar surface area (TPSA) is 114 Å². The van der Waals surface area contributed by atoms with Crippen LogP contribution in [0.4, 0.5) is 0 Å². The summed E-state index contributed by atoms with van der Waals surface area (Å²) in [5.41, 5.74) is 3.29. The third kappa shape index (κ3) is 10.3. The van der Waals surface area contributed by atoms with Crippen LogP contribution in [-0.4, -0.2) is 76.2 Å². The number of rotatable bonds is 17. The van der Waals surface area contributed by atoms with Gasteiger partial charge < -0.3 is 24.4 Å². The highest BCUT2D eigenvalue weighted by atomic mass is 32.2. The van der Waals surface area contributed by atoms with Gasteiger partial charge in [0.1, 0.15) is 11.8 Å². The summed E-state index contributed by atoms with van der Waals surface area (Å²) >= 11 is 0. The molecule has 0 aromatic heterocycles. The van der Waals surface area contributed by atoms with E-state index in [0.717, 1.165) is 32.8 Å². The van der Waals surface area contributed by atoms with Crippen molar-refractivity contribution in [2.45, 2.75) is 32.0 Å². The SMILES string of the molecule is COc1ccc(CN(C(=O)CN(Cc2ccccc2)S(C)(=O)=O)[C@H](Cc2ccccc2)C(=O)NCCc2ccc(OC)c(OC)c2)cc1. The third-order valence-electron chi connectivity index (χ3n) is 7.93. The summed E-state index contributed by atoms with van der Waals surface area (Å²) in [5.74, 6) is 0.997. The van der Waals surface area contributed by atoms with Gasteiger partial charge in [0.05, 0.1) is 34.1 Å². The summed E-state index contributed by atoms with van der Waals surface area (Å²) in [6, 6.07) is 30.4. The predicted octanol–water partition coefficient (Wildman–Crippen LogP) is 4.47. The highest BCUT2D eigenvalue weighted by Gasteiger charge is 2.33. The van der Waals surface area contributed by atoms with Gasteiger partial charge in [0.2, 0.25) is 21.8 Å². The predicted molar refractivity (Wildman–Crippen MR) is 185 cm³/mol. The van der Waals surface area contributed by atoms with Gasteiger partial charge in [0.15, 0.2) is 11.5 Å². The van der Waals surface area contributed by atoms with Crippen molar-refractivity contribution in [3.05, 3.63) is 125 Å². The monoisotopic (exact) mass is 673 g/mol. The molecule has 2 amide bonds. The molecular formula is C37H43N3O7S. The molecule has 0 radical (unpaired) electrons. The molecule has 0 bridgehead atoms. The Bertz CT molecular complexity index is 1730. The summed E-state index contributed by atoms with van der Waals surface area (Å²) in [6.07, 6.45) is 1.82. The molecule has 0 saturated heterocycles. The lowest BCUT2D eigenvalue weighted by Gasteiger charge is -2.33. The van der Waals surface area contributed by atoms with Crippen LogP contribution in [0.1, 0.15) is 22.3 Å². The van der Waals surface area contributed by atoms with Gasteiger partial charge in [-0.25, -0.2) is 8.42 Å². The molecule has 254 valence electrons. The molecule has 0 fully saturated rings. The number of carbonyl (C=O) groups is 2. The van der Waals surface area contributed by atoms with E-state index in [4.69, 9.17) is 14.2 Å². The Kier molecular flexibility index (Phi) is 13.0. The van der Waals surface area contributed by atoms with Crippen LogP contribution in [0, 0.1) is 0 Å². The van der Waals surface area contributed by atoms with Crippen LogP contribution in [0.15, 0.2) is 103 Å². The van der Waals surface area contributed by atoms with Gasteiger partial charge in [-0.3, -0.25) is 9.59 Å². The van der Waals surface area contributed by atoms with E-state index in [-0.39, 0.29) is 25.4 Å². The number of nitrogens with zero attached hydrogens (tertiary/aromatic N) is 2. The van der Waals surface area contributed by atoms with E-state index in [1.54, 1.807) is 33.5 Å². The van der Waals surface area contributed by atoms with Crippen molar-refractivity contribution >= 4 is 21.8 Å². The second-order valence-corrected chi connectivity index (χ2v) is 13.3. The smallest absolute Gasteiger partial charge is 0.243 e. The highest BCUT2D eigenvalue weighted by Crippen LogP contribution is 2.27. The molecule has 0 unspecified atom stereocenters. The fraction of sp³-hybridized carbons (Fsp3) is 0.297. The molecule has 1 N–H and O–H groups in total. The molecule has 10 nitrogen and oxygen atoms in total. The Labute approximate surface area is 283 Å². The van der Waals surface area contributed by atoms with E-state index in [1.165, 1.54) is 4.90 Å². The first-order valence-corrected chi connectivity index (χ1v) is 17.4. The van der Waals surface area contributed by atoms with Gasteiger partial charge in [-0.05, 0) is 52.9 Å². The van der Waals surface area contributed by atoms with Crippen molar-refractivity contribution in [3.8, 4) is 17.2 Å². The number of carbonyl (C=O) groups excluding carboxylic acids is 2. The van der Waals surface area contributed by atoms with Crippen molar-refractivity contribution < 1.29 is 32.2 Å². The molecular weight excluding hydrogens is 630 g/mol. The molecule has 4 rings (SSSR count). The average molecular weight is 674 g/mol. The van der Waals surface area contributed by atoms with E-state index in [9.17, 15) is 18.0 Å². The van der Waals surface area contributed by atoms with Crippen LogP contribution in [0.2, 0.25) is 0 Å². The van der Waals surface area contributed by atoms with Crippen molar-refractivity contribution in [3.63, 3.8) is 0 Å². The molecule has 4 aromatic rings. The largest absolute Gasteiger partial charge is 0.497 e. The quantitative estimate of drug-likeness (QED) is 0.176. The Morgan fingerprint density at radius 3 is 1.88 bits per heavy atom. The van der Waals surface area contributed by atoms with E-state index >= 15 is 0 Å². The maximum Gasteiger partial charge on any atom is 0.243 e. The highest BCUT2D eigenvalue weighted by molar-refractivity contribution is 7.88. The summed E-state index contributed by atoms with van der Waals surface area (Å²) in [5, 5.41) is 3.02. The fourth-order valence-electron chi connectivity index (χ4n) is 5.28. The lowest BCUT2D eigenvalue weighted by atomic mass is 10.0. The van der Waals surface area contributed by atoms with Gasteiger partial charge in [-0.2, -0.15) is 4.31 Å². The Balaban J connectivity index is 1.64. The molecule has 0 aliphatic heterocycles. The van der Waals surface area contributed by atoms with Crippen LogP contribution >= 0.6 is 0 Å². The van der Waals surface area contributed by atoms with Crippen LogP contribution in [-0.2, 0) is 45.5 Å². The molecule has 0 saturated carbocycles. The minimum atomic E-state index is -3.78. The number of hydrogen-bond acceptors (Lipinski definition) is 7. The van der Waals surface area contributed by atoms with Gasteiger partial charge in [0, 0.05) is 26.1 Å². The van der Waals surface area contributed by atoms with Crippen molar-refractivity contribution in [2.24, 2.45) is 0 Å². The maximum atomic E-state index is 14.3. The molecule has 0 aliphatic rings. The standard InChI is InChI=1S/C37H43N3O7S/c1-45-32-18-15-31(16-19-32)26-40(36(41)27-39(48(4,43)44)25-30-13-9-6-10-14-30)33(23-28-11-7-5-8-12-28)37(42)38-22-21-29-17-20-34(46-2)35(24-29)47-3/h5-20,24,33H,21-23,25-27H2,1-4H3,(H,38,42)/t33-/m1/s1. The molecule has 11 heteroatoms. The van der Waals surface area contributed by atoms with E-state index < -0.39 is 28.5 Å². The van der Waals surface area contributed by atoms with Crippen LogP contribution < -0.4 is 19.5 Å². The average Bonchev–Trinajstić information content (AvgIpc) is 3.10.